The average molecular weight is 457 g/mol. The summed E-state index contributed by atoms with van der Waals surface area (Å²) >= 11 is 0. The Morgan fingerprint density at radius 1 is 1.25 bits per heavy atom. The van der Waals surface area contributed by atoms with Crippen molar-refractivity contribution in [3.8, 4) is 11.3 Å². The second-order valence-electron chi connectivity index (χ2n) is 8.19. The number of fused-ring (bicyclic) bond motifs is 1. The molecule has 3 rings (SSSR count). The molecule has 1 aliphatic heterocycles. The van der Waals surface area contributed by atoms with E-state index in [0.717, 1.165) is 0 Å². The van der Waals surface area contributed by atoms with Gasteiger partial charge in [-0.3, -0.25) is 14.2 Å². The number of rotatable bonds is 5. The molecule has 0 aliphatic carbocycles. The number of amides is 3. The molecule has 2 aromatic rings. The Kier molecular flexibility index (Phi) is 6.18. The van der Waals surface area contributed by atoms with Crippen molar-refractivity contribution in [3.05, 3.63) is 40.8 Å². The van der Waals surface area contributed by atoms with Gasteiger partial charge in [0.2, 0.25) is 0 Å². The molecule has 32 heavy (non-hydrogen) atoms. The zero-order valence-electron chi connectivity index (χ0n) is 17.7. The number of aryl methyl sites for hydroxylation is 1. The molecule has 3 N–H and O–H groups in total. The van der Waals surface area contributed by atoms with Crippen molar-refractivity contribution in [3.63, 3.8) is 0 Å². The van der Waals surface area contributed by atoms with Crippen LogP contribution in [0.3, 0.4) is 0 Å². The van der Waals surface area contributed by atoms with Crippen LogP contribution in [0, 0.1) is 12.7 Å². The molecule has 174 valence electrons. The van der Waals surface area contributed by atoms with Gasteiger partial charge in [-0.1, -0.05) is 0 Å². The minimum Gasteiger partial charge on any atom is -0.365 e. The first kappa shape index (κ1) is 23.5. The summed E-state index contributed by atoms with van der Waals surface area (Å²) in [5, 5.41) is 6.93. The maximum absolute atomic E-state index is 13.7. The number of carbonyl (C=O) groups excluding carboxylic acids is 2. The van der Waals surface area contributed by atoms with Gasteiger partial charge in [-0.15, -0.1) is 13.2 Å². The molecule has 8 nitrogen and oxygen atoms in total. The first-order valence-corrected chi connectivity index (χ1v) is 9.71. The quantitative estimate of drug-likeness (QED) is 0.674. The number of nitrogens with two attached hydrogens (primary N) is 1. The summed E-state index contributed by atoms with van der Waals surface area (Å²) in [6, 6.07) is 3.67. The molecule has 3 amide bonds. The fourth-order valence-electron chi connectivity index (χ4n) is 3.41. The van der Waals surface area contributed by atoms with E-state index in [2.05, 4.69) is 15.2 Å². The van der Waals surface area contributed by atoms with Crippen molar-refractivity contribution in [1.29, 1.82) is 0 Å². The third kappa shape index (κ3) is 5.18. The molecule has 0 bridgehead atoms. The molecular formula is C20H23F4N5O3. The van der Waals surface area contributed by atoms with Crippen molar-refractivity contribution in [2.75, 3.05) is 13.2 Å². The molecule has 1 aromatic heterocycles. The number of hydrogen-bond donors (Lipinski definition) is 2. The summed E-state index contributed by atoms with van der Waals surface area (Å²) in [4.78, 5) is 26.2. The van der Waals surface area contributed by atoms with Crippen LogP contribution in [0.4, 0.5) is 22.4 Å². The summed E-state index contributed by atoms with van der Waals surface area (Å²) in [6.07, 6.45) is -4.81. The largest absolute Gasteiger partial charge is 0.522 e. The third-order valence-electron chi connectivity index (χ3n) is 4.99. The van der Waals surface area contributed by atoms with Gasteiger partial charge in [0.1, 0.15) is 11.5 Å². The van der Waals surface area contributed by atoms with E-state index in [0.29, 0.717) is 16.8 Å². The number of nitrogens with one attached hydrogen (secondary N) is 1. The van der Waals surface area contributed by atoms with Crippen molar-refractivity contribution >= 4 is 11.9 Å². The second-order valence-corrected chi connectivity index (χ2v) is 8.19. The SMILES string of the molecule is Cc1cc(-c2nn3c(c2C(N)=O)CN(C(=O)NC(C)(C)COC(F)(F)F)CC3)ccc1F. The molecule has 1 aromatic carbocycles. The smallest absolute Gasteiger partial charge is 0.365 e. The first-order chi connectivity index (χ1) is 14.8. The maximum atomic E-state index is 13.7. The summed E-state index contributed by atoms with van der Waals surface area (Å²) in [5.74, 6) is -1.16. The van der Waals surface area contributed by atoms with Crippen LogP contribution in [0.25, 0.3) is 11.3 Å². The van der Waals surface area contributed by atoms with E-state index in [1.807, 2.05) is 0 Å². The number of halogens is 4. The molecule has 0 spiro atoms. The standard InChI is InChI=1S/C20H23F4N5O3/c1-11-8-12(4-5-13(11)21)16-15(17(25)30)14-9-28(6-7-29(14)27-16)18(31)26-19(2,3)10-32-20(22,23)24/h4-5,8H,6-7,9-10H2,1-3H3,(H2,25,30)(H,26,31). The lowest BCUT2D eigenvalue weighted by Crippen LogP contribution is -2.54. The van der Waals surface area contributed by atoms with Crippen LogP contribution in [0.15, 0.2) is 18.2 Å². The van der Waals surface area contributed by atoms with Crippen molar-refractivity contribution in [1.82, 2.24) is 20.0 Å². The van der Waals surface area contributed by atoms with E-state index in [1.165, 1.54) is 30.9 Å². The van der Waals surface area contributed by atoms with Gasteiger partial charge in [0.15, 0.2) is 0 Å². The summed E-state index contributed by atoms with van der Waals surface area (Å²) in [6.45, 7) is 4.01. The van der Waals surface area contributed by atoms with E-state index < -0.39 is 36.3 Å². The van der Waals surface area contributed by atoms with E-state index in [4.69, 9.17) is 5.73 Å². The number of nitrogens with zero attached hydrogens (tertiary/aromatic N) is 3. The van der Waals surface area contributed by atoms with Gasteiger partial charge in [-0.2, -0.15) is 5.10 Å². The Hall–Kier alpha value is -3.15. The lowest BCUT2D eigenvalue weighted by atomic mass is 10.0. The van der Waals surface area contributed by atoms with Gasteiger partial charge in [-0.05, 0) is 44.5 Å². The van der Waals surface area contributed by atoms with E-state index in [9.17, 15) is 27.2 Å². The van der Waals surface area contributed by atoms with Crippen LogP contribution in [-0.4, -0.2) is 51.7 Å². The number of aromatic nitrogens is 2. The van der Waals surface area contributed by atoms with Crippen LogP contribution in [0.5, 0.6) is 0 Å². The average Bonchev–Trinajstić information content (AvgIpc) is 3.06. The van der Waals surface area contributed by atoms with Gasteiger partial charge in [-0.25, -0.2) is 9.18 Å². The first-order valence-electron chi connectivity index (χ1n) is 9.71. The van der Waals surface area contributed by atoms with Crippen molar-refractivity contribution in [2.45, 2.75) is 45.8 Å². The summed E-state index contributed by atoms with van der Waals surface area (Å²) < 4.78 is 56.0. The highest BCUT2D eigenvalue weighted by atomic mass is 19.4. The summed E-state index contributed by atoms with van der Waals surface area (Å²) in [7, 11) is 0. The van der Waals surface area contributed by atoms with Crippen LogP contribution < -0.4 is 11.1 Å². The zero-order valence-corrected chi connectivity index (χ0v) is 17.7. The Morgan fingerprint density at radius 2 is 1.94 bits per heavy atom. The molecule has 0 saturated carbocycles. The van der Waals surface area contributed by atoms with Crippen LogP contribution in [0.1, 0.15) is 35.5 Å². The second kappa shape index (κ2) is 8.41. The van der Waals surface area contributed by atoms with Crippen LogP contribution in [-0.2, 0) is 17.8 Å². The Balaban J connectivity index is 1.83. The fourth-order valence-corrected chi connectivity index (χ4v) is 3.41. The Bertz CT molecular complexity index is 1050. The third-order valence-corrected chi connectivity index (χ3v) is 4.99. The predicted octanol–water partition coefficient (Wildman–Crippen LogP) is 2.94. The van der Waals surface area contributed by atoms with Crippen molar-refractivity contribution in [2.24, 2.45) is 5.73 Å². The van der Waals surface area contributed by atoms with Crippen LogP contribution in [0.2, 0.25) is 0 Å². The number of benzene rings is 1. The van der Waals surface area contributed by atoms with Crippen LogP contribution >= 0.6 is 0 Å². The molecule has 0 radical (unpaired) electrons. The number of hydrogen-bond acceptors (Lipinski definition) is 4. The zero-order chi connectivity index (χ0) is 23.8. The highest BCUT2D eigenvalue weighted by Crippen LogP contribution is 2.29. The van der Waals surface area contributed by atoms with Gasteiger partial charge in [0, 0.05) is 12.1 Å². The monoisotopic (exact) mass is 457 g/mol. The maximum Gasteiger partial charge on any atom is 0.522 e. The minimum absolute atomic E-state index is 0.0342. The van der Waals surface area contributed by atoms with Gasteiger partial charge in [0.25, 0.3) is 5.91 Å². The minimum atomic E-state index is -4.81. The van der Waals surface area contributed by atoms with E-state index in [-0.39, 0.29) is 30.9 Å². The molecular weight excluding hydrogens is 434 g/mol. The molecule has 2 heterocycles. The number of alkyl halides is 3. The van der Waals surface area contributed by atoms with Gasteiger partial charge < -0.3 is 16.0 Å². The molecule has 0 unspecified atom stereocenters. The molecule has 12 heteroatoms. The highest BCUT2D eigenvalue weighted by molar-refractivity contribution is 6.00. The fraction of sp³-hybridized carbons (Fsp3) is 0.450. The summed E-state index contributed by atoms with van der Waals surface area (Å²) in [5.41, 5.74) is 5.92. The Morgan fingerprint density at radius 3 is 2.53 bits per heavy atom. The lowest BCUT2D eigenvalue weighted by molar-refractivity contribution is -0.329. The van der Waals surface area contributed by atoms with Crippen molar-refractivity contribution < 1.29 is 31.9 Å². The van der Waals surface area contributed by atoms with E-state index in [1.54, 1.807) is 17.7 Å². The molecule has 1 aliphatic rings. The number of carbonyl (C=O) groups is 2. The molecule has 0 fully saturated rings. The van der Waals surface area contributed by atoms with Gasteiger partial charge >= 0.3 is 12.4 Å². The highest BCUT2D eigenvalue weighted by Gasteiger charge is 2.35. The number of ether oxygens (including phenoxy) is 1. The topological polar surface area (TPSA) is 102 Å². The van der Waals surface area contributed by atoms with Gasteiger partial charge in [0.05, 0.1) is 36.5 Å². The van der Waals surface area contributed by atoms with E-state index >= 15 is 0 Å². The molecule has 0 atom stereocenters. The number of primary amides is 1. The Labute approximate surface area is 181 Å². The number of urea groups is 1. The normalized spacial score (nSPS) is 14.3. The lowest BCUT2D eigenvalue weighted by Gasteiger charge is -2.33. The molecule has 0 saturated heterocycles. The predicted molar refractivity (Wildman–Crippen MR) is 106 cm³/mol.